The number of hydrogen-bond acceptors (Lipinski definition) is 5. The van der Waals surface area contributed by atoms with Crippen LogP contribution in [0.5, 0.6) is 0 Å². The smallest absolute Gasteiger partial charge is 0.271 e. The Morgan fingerprint density at radius 2 is 2.16 bits per heavy atom. The SMILES string of the molecule is CO/C=C1\CC(=O)N(c2cccc([N+](=O)[O-])c2)C1=O. The van der Waals surface area contributed by atoms with Gasteiger partial charge in [-0.25, -0.2) is 4.90 Å². The van der Waals surface area contributed by atoms with Crippen molar-refractivity contribution in [2.75, 3.05) is 12.0 Å². The number of carbonyl (C=O) groups excluding carboxylic acids is 2. The van der Waals surface area contributed by atoms with E-state index in [-0.39, 0.29) is 23.4 Å². The molecule has 0 bridgehead atoms. The van der Waals surface area contributed by atoms with Gasteiger partial charge >= 0.3 is 0 Å². The zero-order valence-electron chi connectivity index (χ0n) is 10.0. The van der Waals surface area contributed by atoms with Gasteiger partial charge in [-0.1, -0.05) is 6.07 Å². The van der Waals surface area contributed by atoms with Crippen LogP contribution in [0.15, 0.2) is 36.1 Å². The molecule has 7 nitrogen and oxygen atoms in total. The van der Waals surface area contributed by atoms with Crippen LogP contribution in [-0.2, 0) is 14.3 Å². The van der Waals surface area contributed by atoms with E-state index in [1.54, 1.807) is 0 Å². The number of ether oxygens (including phenoxy) is 1. The maximum absolute atomic E-state index is 12.0. The summed E-state index contributed by atoms with van der Waals surface area (Å²) in [6.07, 6.45) is 1.13. The summed E-state index contributed by atoms with van der Waals surface area (Å²) in [5.74, 6) is -0.957. The van der Waals surface area contributed by atoms with Crippen LogP contribution >= 0.6 is 0 Å². The van der Waals surface area contributed by atoms with Crippen molar-refractivity contribution in [2.24, 2.45) is 0 Å². The van der Waals surface area contributed by atoms with Gasteiger partial charge in [0.15, 0.2) is 0 Å². The monoisotopic (exact) mass is 262 g/mol. The molecule has 0 N–H and O–H groups in total. The Bertz CT molecular complexity index is 594. The first kappa shape index (κ1) is 12.7. The Balaban J connectivity index is 2.39. The summed E-state index contributed by atoms with van der Waals surface area (Å²) >= 11 is 0. The van der Waals surface area contributed by atoms with E-state index in [0.29, 0.717) is 0 Å². The van der Waals surface area contributed by atoms with Gasteiger partial charge in [0.05, 0.1) is 36.0 Å². The molecule has 98 valence electrons. The average Bonchev–Trinajstić information content (AvgIpc) is 2.65. The maximum Gasteiger partial charge on any atom is 0.271 e. The van der Waals surface area contributed by atoms with E-state index in [1.807, 2.05) is 0 Å². The zero-order chi connectivity index (χ0) is 14.0. The molecule has 0 atom stereocenters. The van der Waals surface area contributed by atoms with E-state index in [2.05, 4.69) is 0 Å². The van der Waals surface area contributed by atoms with Crippen molar-refractivity contribution in [3.8, 4) is 0 Å². The Morgan fingerprint density at radius 1 is 1.42 bits per heavy atom. The van der Waals surface area contributed by atoms with Crippen molar-refractivity contribution in [3.63, 3.8) is 0 Å². The molecule has 0 spiro atoms. The molecule has 0 unspecified atom stereocenters. The average molecular weight is 262 g/mol. The Labute approximate surface area is 108 Å². The fourth-order valence-corrected chi connectivity index (χ4v) is 1.82. The van der Waals surface area contributed by atoms with Gasteiger partial charge in [0.2, 0.25) is 5.91 Å². The van der Waals surface area contributed by atoms with Crippen molar-refractivity contribution < 1.29 is 19.2 Å². The fraction of sp³-hybridized carbons (Fsp3) is 0.167. The first-order valence-corrected chi connectivity index (χ1v) is 5.38. The molecular formula is C12H10N2O5. The largest absolute Gasteiger partial charge is 0.504 e. The summed E-state index contributed by atoms with van der Waals surface area (Å²) in [5.41, 5.74) is 0.227. The molecule has 7 heteroatoms. The second-order valence-corrected chi connectivity index (χ2v) is 3.87. The lowest BCUT2D eigenvalue weighted by Crippen LogP contribution is -2.28. The molecule has 0 aliphatic carbocycles. The number of hydrogen-bond donors (Lipinski definition) is 0. The Hall–Kier alpha value is -2.70. The predicted octanol–water partition coefficient (Wildman–Crippen LogP) is 1.39. The van der Waals surface area contributed by atoms with Crippen molar-refractivity contribution in [2.45, 2.75) is 6.42 Å². The lowest BCUT2D eigenvalue weighted by Gasteiger charge is -2.12. The molecule has 1 heterocycles. The highest BCUT2D eigenvalue weighted by Gasteiger charge is 2.35. The number of nitrogens with zero attached hydrogens (tertiary/aromatic N) is 2. The molecule has 19 heavy (non-hydrogen) atoms. The van der Waals surface area contributed by atoms with E-state index < -0.39 is 16.7 Å². The third-order valence-corrected chi connectivity index (χ3v) is 2.63. The highest BCUT2D eigenvalue weighted by atomic mass is 16.6. The first-order valence-electron chi connectivity index (χ1n) is 5.38. The lowest BCUT2D eigenvalue weighted by molar-refractivity contribution is -0.384. The summed E-state index contributed by atoms with van der Waals surface area (Å²) < 4.78 is 4.72. The van der Waals surface area contributed by atoms with E-state index >= 15 is 0 Å². The van der Waals surface area contributed by atoms with Crippen molar-refractivity contribution >= 4 is 23.2 Å². The van der Waals surface area contributed by atoms with Crippen LogP contribution in [0.1, 0.15) is 6.42 Å². The van der Waals surface area contributed by atoms with E-state index in [1.165, 1.54) is 37.6 Å². The molecule has 1 aliphatic rings. The van der Waals surface area contributed by atoms with Crippen LogP contribution in [0.2, 0.25) is 0 Å². The number of methoxy groups -OCH3 is 1. The Kier molecular flexibility index (Phi) is 3.28. The lowest BCUT2D eigenvalue weighted by atomic mass is 10.2. The number of non-ortho nitro benzene ring substituents is 1. The topological polar surface area (TPSA) is 89.8 Å². The molecule has 2 amide bonds. The van der Waals surface area contributed by atoms with Crippen molar-refractivity contribution in [3.05, 3.63) is 46.2 Å². The van der Waals surface area contributed by atoms with Crippen LogP contribution < -0.4 is 4.90 Å². The number of amides is 2. The number of benzene rings is 1. The first-order chi connectivity index (χ1) is 9.04. The molecule has 0 radical (unpaired) electrons. The molecule has 0 aromatic heterocycles. The van der Waals surface area contributed by atoms with Crippen LogP contribution in [0.25, 0.3) is 0 Å². The highest BCUT2D eigenvalue weighted by molar-refractivity contribution is 6.28. The fourth-order valence-electron chi connectivity index (χ4n) is 1.82. The highest BCUT2D eigenvalue weighted by Crippen LogP contribution is 2.28. The molecule has 1 aromatic carbocycles. The number of imide groups is 1. The second kappa shape index (κ2) is 4.89. The molecule has 1 fully saturated rings. The molecular weight excluding hydrogens is 252 g/mol. The Morgan fingerprint density at radius 3 is 2.79 bits per heavy atom. The van der Waals surface area contributed by atoms with Gasteiger partial charge in [-0.15, -0.1) is 0 Å². The quantitative estimate of drug-likeness (QED) is 0.270. The number of carbonyl (C=O) groups is 2. The van der Waals surface area contributed by atoms with Gasteiger partial charge in [0, 0.05) is 12.1 Å². The van der Waals surface area contributed by atoms with Gasteiger partial charge in [0.25, 0.3) is 11.6 Å². The van der Waals surface area contributed by atoms with E-state index in [9.17, 15) is 19.7 Å². The van der Waals surface area contributed by atoms with Crippen LogP contribution in [0, 0.1) is 10.1 Å². The van der Waals surface area contributed by atoms with Crippen LogP contribution in [0.4, 0.5) is 11.4 Å². The summed E-state index contributed by atoms with van der Waals surface area (Å²) in [5, 5.41) is 10.7. The minimum atomic E-state index is -0.583. The van der Waals surface area contributed by atoms with Gasteiger partial charge in [-0.2, -0.15) is 0 Å². The van der Waals surface area contributed by atoms with E-state index in [4.69, 9.17) is 4.74 Å². The van der Waals surface area contributed by atoms with E-state index in [0.717, 1.165) is 4.90 Å². The number of anilines is 1. The van der Waals surface area contributed by atoms with Crippen LogP contribution in [-0.4, -0.2) is 23.8 Å². The van der Waals surface area contributed by atoms with Gasteiger partial charge < -0.3 is 4.74 Å². The van der Waals surface area contributed by atoms with Gasteiger partial charge in [0.1, 0.15) is 0 Å². The van der Waals surface area contributed by atoms with Crippen molar-refractivity contribution in [1.82, 2.24) is 0 Å². The summed E-state index contributed by atoms with van der Waals surface area (Å²) in [6, 6.07) is 5.37. The third kappa shape index (κ3) is 2.30. The number of nitro benzene ring substituents is 1. The minimum absolute atomic E-state index is 0.0740. The predicted molar refractivity (Wildman–Crippen MR) is 65.3 cm³/mol. The van der Waals surface area contributed by atoms with Crippen LogP contribution in [0.3, 0.4) is 0 Å². The minimum Gasteiger partial charge on any atom is -0.504 e. The normalized spacial score (nSPS) is 17.1. The molecule has 1 aliphatic heterocycles. The van der Waals surface area contributed by atoms with Gasteiger partial charge in [-0.05, 0) is 6.07 Å². The molecule has 0 saturated carbocycles. The third-order valence-electron chi connectivity index (χ3n) is 2.63. The summed E-state index contributed by atoms with van der Waals surface area (Å²) in [7, 11) is 1.38. The zero-order valence-corrected chi connectivity index (χ0v) is 10.0. The molecule has 2 rings (SSSR count). The second-order valence-electron chi connectivity index (χ2n) is 3.87. The summed E-state index contributed by atoms with van der Waals surface area (Å²) in [6.45, 7) is 0. The number of nitro groups is 1. The standard InChI is InChI=1S/C12H10N2O5/c1-19-7-8-5-11(15)13(12(8)16)9-3-2-4-10(6-9)14(17)18/h2-4,6-7H,5H2,1H3/b8-7+. The van der Waals surface area contributed by atoms with Gasteiger partial charge in [-0.3, -0.25) is 19.7 Å². The van der Waals surface area contributed by atoms with Crippen molar-refractivity contribution in [1.29, 1.82) is 0 Å². The maximum atomic E-state index is 12.0. The molecule has 1 saturated heterocycles. The summed E-state index contributed by atoms with van der Waals surface area (Å²) in [4.78, 5) is 34.8. The molecule has 1 aromatic rings. The number of rotatable bonds is 3.